The Morgan fingerprint density at radius 3 is 2.73 bits per heavy atom. The van der Waals surface area contributed by atoms with Gasteiger partial charge in [-0.3, -0.25) is 0 Å². The predicted molar refractivity (Wildman–Crippen MR) is 55.1 cm³/mol. The summed E-state index contributed by atoms with van der Waals surface area (Å²) in [5.41, 5.74) is 0.405. The first-order chi connectivity index (χ1) is 7.07. The fourth-order valence-corrected chi connectivity index (χ4v) is 1.50. The number of aromatic hydroxyl groups is 1. The molecule has 1 aromatic rings. The van der Waals surface area contributed by atoms with Gasteiger partial charge in [-0.25, -0.2) is 4.79 Å². The molecule has 15 heavy (non-hydrogen) atoms. The number of hydrogen-bond acceptors (Lipinski definition) is 3. The molecule has 0 bridgehead atoms. The number of carbonyl (C=O) groups is 1. The van der Waals surface area contributed by atoms with Crippen LogP contribution in [0.15, 0.2) is 18.2 Å². The first-order valence-electron chi connectivity index (χ1n) is 4.74. The molecule has 4 nitrogen and oxygen atoms in total. The van der Waals surface area contributed by atoms with Crippen LogP contribution >= 0.6 is 0 Å². The predicted octanol–water partition coefficient (Wildman–Crippen LogP) is 2.19. The van der Waals surface area contributed by atoms with Crippen molar-refractivity contribution < 1.29 is 19.7 Å². The standard InChI is InChI=1S/C11H14O4/c1-3-15-7(2)10-8(11(13)14)5-4-6-9(10)12/h4-7,12H,3H2,1-2H3,(H,13,14). The zero-order chi connectivity index (χ0) is 11.4. The molecule has 0 amide bonds. The maximum Gasteiger partial charge on any atom is 0.336 e. The van der Waals surface area contributed by atoms with E-state index in [1.807, 2.05) is 6.92 Å². The third-order valence-electron chi connectivity index (χ3n) is 2.14. The van der Waals surface area contributed by atoms with Crippen LogP contribution < -0.4 is 0 Å². The minimum absolute atomic E-state index is 0.0455. The van der Waals surface area contributed by atoms with E-state index in [0.717, 1.165) is 0 Å². The lowest BCUT2D eigenvalue weighted by Crippen LogP contribution is -2.08. The molecule has 1 rings (SSSR count). The van der Waals surface area contributed by atoms with Crippen molar-refractivity contribution in [3.63, 3.8) is 0 Å². The number of phenolic OH excluding ortho intramolecular Hbond substituents is 1. The van der Waals surface area contributed by atoms with E-state index in [1.165, 1.54) is 18.2 Å². The second kappa shape index (κ2) is 4.79. The number of carboxylic acids is 1. The van der Waals surface area contributed by atoms with Crippen molar-refractivity contribution in [3.8, 4) is 5.75 Å². The van der Waals surface area contributed by atoms with Gasteiger partial charge in [-0.15, -0.1) is 0 Å². The van der Waals surface area contributed by atoms with Crippen LogP contribution in [0.4, 0.5) is 0 Å². The second-order valence-electron chi connectivity index (χ2n) is 3.14. The third kappa shape index (κ3) is 2.47. The lowest BCUT2D eigenvalue weighted by atomic mass is 10.0. The molecule has 4 heteroatoms. The zero-order valence-electron chi connectivity index (χ0n) is 8.73. The maximum atomic E-state index is 10.9. The van der Waals surface area contributed by atoms with Gasteiger partial charge < -0.3 is 14.9 Å². The van der Waals surface area contributed by atoms with Crippen LogP contribution in [0.3, 0.4) is 0 Å². The Morgan fingerprint density at radius 2 is 2.20 bits per heavy atom. The van der Waals surface area contributed by atoms with Crippen molar-refractivity contribution in [3.05, 3.63) is 29.3 Å². The van der Waals surface area contributed by atoms with Crippen molar-refractivity contribution in [1.29, 1.82) is 0 Å². The summed E-state index contributed by atoms with van der Waals surface area (Å²) in [6.45, 7) is 4.00. The van der Waals surface area contributed by atoms with E-state index in [9.17, 15) is 9.90 Å². The van der Waals surface area contributed by atoms with Gasteiger partial charge in [-0.1, -0.05) is 6.07 Å². The van der Waals surface area contributed by atoms with Gasteiger partial charge in [0.05, 0.1) is 11.7 Å². The van der Waals surface area contributed by atoms with Crippen molar-refractivity contribution in [2.75, 3.05) is 6.61 Å². The van der Waals surface area contributed by atoms with Gasteiger partial charge in [0.1, 0.15) is 5.75 Å². The Labute approximate surface area is 88.1 Å². The summed E-state index contributed by atoms with van der Waals surface area (Å²) in [6.07, 6.45) is -0.428. The van der Waals surface area contributed by atoms with Gasteiger partial charge in [0.15, 0.2) is 0 Å². The highest BCUT2D eigenvalue weighted by atomic mass is 16.5. The lowest BCUT2D eigenvalue weighted by molar-refractivity contribution is 0.0635. The Kier molecular flexibility index (Phi) is 3.68. The number of aromatic carboxylic acids is 1. The molecule has 0 aliphatic rings. The number of benzene rings is 1. The third-order valence-corrected chi connectivity index (χ3v) is 2.14. The fraction of sp³-hybridized carbons (Fsp3) is 0.364. The van der Waals surface area contributed by atoms with E-state index in [4.69, 9.17) is 9.84 Å². The number of phenols is 1. The molecule has 0 aliphatic carbocycles. The normalized spacial score (nSPS) is 12.4. The van der Waals surface area contributed by atoms with E-state index in [1.54, 1.807) is 6.92 Å². The van der Waals surface area contributed by atoms with Crippen LogP contribution in [0.2, 0.25) is 0 Å². The molecule has 0 saturated heterocycles. The SMILES string of the molecule is CCOC(C)c1c(O)cccc1C(=O)O. The van der Waals surface area contributed by atoms with Gasteiger partial charge in [-0.2, -0.15) is 0 Å². The molecule has 2 N–H and O–H groups in total. The molecule has 1 atom stereocenters. The molecule has 0 heterocycles. The molecule has 1 unspecified atom stereocenters. The van der Waals surface area contributed by atoms with Crippen LogP contribution in [0.5, 0.6) is 5.75 Å². The summed E-state index contributed by atoms with van der Waals surface area (Å²) in [6, 6.07) is 4.41. The van der Waals surface area contributed by atoms with Crippen LogP contribution in [0.1, 0.15) is 35.9 Å². The van der Waals surface area contributed by atoms with Crippen molar-refractivity contribution in [2.45, 2.75) is 20.0 Å². The first kappa shape index (κ1) is 11.5. The molecule has 1 aromatic carbocycles. The molecule has 0 radical (unpaired) electrons. The summed E-state index contributed by atoms with van der Waals surface area (Å²) in [5.74, 6) is -1.11. The van der Waals surface area contributed by atoms with E-state index in [2.05, 4.69) is 0 Å². The fourth-order valence-electron chi connectivity index (χ4n) is 1.50. The van der Waals surface area contributed by atoms with Gasteiger partial charge in [-0.05, 0) is 26.0 Å². The Balaban J connectivity index is 3.18. The molecule has 0 spiro atoms. The average molecular weight is 210 g/mol. The highest BCUT2D eigenvalue weighted by molar-refractivity contribution is 5.90. The first-order valence-corrected chi connectivity index (χ1v) is 4.74. The minimum Gasteiger partial charge on any atom is -0.508 e. The van der Waals surface area contributed by atoms with Crippen molar-refractivity contribution in [2.24, 2.45) is 0 Å². The number of ether oxygens (including phenoxy) is 1. The monoisotopic (exact) mass is 210 g/mol. The molecular formula is C11H14O4. The largest absolute Gasteiger partial charge is 0.508 e. The molecule has 0 aliphatic heterocycles. The Hall–Kier alpha value is -1.55. The summed E-state index contributed by atoms with van der Waals surface area (Å²) in [4.78, 5) is 10.9. The molecule has 82 valence electrons. The highest BCUT2D eigenvalue weighted by Gasteiger charge is 2.19. The smallest absolute Gasteiger partial charge is 0.336 e. The van der Waals surface area contributed by atoms with E-state index < -0.39 is 12.1 Å². The summed E-state index contributed by atoms with van der Waals surface area (Å²) in [5, 5.41) is 18.5. The van der Waals surface area contributed by atoms with Crippen molar-refractivity contribution in [1.82, 2.24) is 0 Å². The number of hydrogen-bond donors (Lipinski definition) is 2. The van der Waals surface area contributed by atoms with E-state index in [-0.39, 0.29) is 11.3 Å². The van der Waals surface area contributed by atoms with Gasteiger partial charge >= 0.3 is 5.97 Å². The van der Waals surface area contributed by atoms with Crippen LogP contribution in [0.25, 0.3) is 0 Å². The van der Waals surface area contributed by atoms with E-state index in [0.29, 0.717) is 12.2 Å². The average Bonchev–Trinajstić information content (AvgIpc) is 2.17. The Bertz CT molecular complexity index is 360. The number of carboxylic acid groups (broad SMARTS) is 1. The van der Waals surface area contributed by atoms with Crippen molar-refractivity contribution >= 4 is 5.97 Å². The summed E-state index contributed by atoms with van der Waals surface area (Å²) >= 11 is 0. The summed E-state index contributed by atoms with van der Waals surface area (Å²) in [7, 11) is 0. The van der Waals surface area contributed by atoms with Crippen LogP contribution in [-0.2, 0) is 4.74 Å². The van der Waals surface area contributed by atoms with Gasteiger partial charge in [0.25, 0.3) is 0 Å². The van der Waals surface area contributed by atoms with Gasteiger partial charge in [0, 0.05) is 12.2 Å². The van der Waals surface area contributed by atoms with Crippen LogP contribution in [-0.4, -0.2) is 22.8 Å². The zero-order valence-corrected chi connectivity index (χ0v) is 8.73. The minimum atomic E-state index is -1.06. The lowest BCUT2D eigenvalue weighted by Gasteiger charge is -2.15. The highest BCUT2D eigenvalue weighted by Crippen LogP contribution is 2.29. The van der Waals surface area contributed by atoms with E-state index >= 15 is 0 Å². The molecule has 0 fully saturated rings. The topological polar surface area (TPSA) is 66.8 Å². The maximum absolute atomic E-state index is 10.9. The summed E-state index contributed by atoms with van der Waals surface area (Å²) < 4.78 is 5.28. The number of rotatable bonds is 4. The quantitative estimate of drug-likeness (QED) is 0.799. The Morgan fingerprint density at radius 1 is 1.53 bits per heavy atom. The second-order valence-corrected chi connectivity index (χ2v) is 3.14. The van der Waals surface area contributed by atoms with Crippen LogP contribution in [0, 0.1) is 0 Å². The molecule has 0 saturated carbocycles. The molecular weight excluding hydrogens is 196 g/mol. The molecule has 0 aromatic heterocycles. The van der Waals surface area contributed by atoms with Gasteiger partial charge in [0.2, 0.25) is 0 Å².